The number of carbonyl (C=O) groups is 4. The highest BCUT2D eigenvalue weighted by molar-refractivity contribution is 8.00. The standard InChI is InChI=1S/C21H18N2O6S2/c1-29-21(28)12-6-4-11(5-7-12)14-10-31-19-16(18(25)23(19)17(14)20(26)27)22-15(24)9-13-3-2-8-30-13/h2-8,16,19H,9-10H2,1H3,(H,22,24)(H,26,27)/t16-,19+/m1/s1. The van der Waals surface area contributed by atoms with Crippen molar-refractivity contribution in [2.24, 2.45) is 0 Å². The second-order valence-electron chi connectivity index (χ2n) is 6.91. The lowest BCUT2D eigenvalue weighted by Crippen LogP contribution is -2.70. The molecule has 1 aromatic carbocycles. The van der Waals surface area contributed by atoms with Crippen molar-refractivity contribution in [2.75, 3.05) is 12.9 Å². The number of aliphatic carboxylic acids is 1. The predicted octanol–water partition coefficient (Wildman–Crippen LogP) is 1.97. The van der Waals surface area contributed by atoms with Crippen LogP contribution in [0.5, 0.6) is 0 Å². The fraction of sp³-hybridized carbons (Fsp3) is 0.238. The van der Waals surface area contributed by atoms with Crippen molar-refractivity contribution < 1.29 is 29.0 Å². The molecule has 0 bridgehead atoms. The summed E-state index contributed by atoms with van der Waals surface area (Å²) in [6.07, 6.45) is 0.179. The molecule has 0 radical (unpaired) electrons. The highest BCUT2D eigenvalue weighted by atomic mass is 32.2. The van der Waals surface area contributed by atoms with E-state index in [-0.39, 0.29) is 18.0 Å². The van der Waals surface area contributed by atoms with Crippen molar-refractivity contribution in [3.8, 4) is 0 Å². The van der Waals surface area contributed by atoms with Gasteiger partial charge in [0.15, 0.2) is 0 Å². The van der Waals surface area contributed by atoms with Gasteiger partial charge in [-0.25, -0.2) is 9.59 Å². The molecule has 2 N–H and O–H groups in total. The normalized spacial score (nSPS) is 20.0. The predicted molar refractivity (Wildman–Crippen MR) is 115 cm³/mol. The number of hydrogen-bond donors (Lipinski definition) is 2. The number of thioether (sulfide) groups is 1. The van der Waals surface area contributed by atoms with Crippen LogP contribution in [0.2, 0.25) is 0 Å². The summed E-state index contributed by atoms with van der Waals surface area (Å²) in [7, 11) is 1.28. The lowest BCUT2D eigenvalue weighted by atomic mass is 9.98. The van der Waals surface area contributed by atoms with E-state index in [2.05, 4.69) is 10.1 Å². The summed E-state index contributed by atoms with van der Waals surface area (Å²) in [6, 6.07) is 9.31. The minimum absolute atomic E-state index is 0.0941. The minimum atomic E-state index is -1.21. The number of hydrogen-bond acceptors (Lipinski definition) is 7. The van der Waals surface area contributed by atoms with Gasteiger partial charge in [0, 0.05) is 16.2 Å². The van der Waals surface area contributed by atoms with Gasteiger partial charge in [-0.1, -0.05) is 18.2 Å². The third-order valence-corrected chi connectivity index (χ3v) is 7.21. The van der Waals surface area contributed by atoms with Gasteiger partial charge < -0.3 is 15.2 Å². The molecule has 2 amide bonds. The molecule has 2 aromatic rings. The zero-order chi connectivity index (χ0) is 22.1. The van der Waals surface area contributed by atoms with Crippen LogP contribution in [0.4, 0.5) is 0 Å². The average molecular weight is 459 g/mol. The van der Waals surface area contributed by atoms with E-state index in [0.29, 0.717) is 22.5 Å². The molecule has 1 aromatic heterocycles. The Labute approximate surface area is 185 Å². The summed E-state index contributed by atoms with van der Waals surface area (Å²) in [5.41, 5.74) is 1.35. The molecule has 10 heteroatoms. The molecule has 0 spiro atoms. The Bertz CT molecular complexity index is 1080. The van der Waals surface area contributed by atoms with E-state index >= 15 is 0 Å². The molecule has 4 rings (SSSR count). The molecule has 0 aliphatic carbocycles. The molecule has 1 saturated heterocycles. The number of thiophene rings is 1. The van der Waals surface area contributed by atoms with Crippen LogP contribution in [0.1, 0.15) is 20.8 Å². The van der Waals surface area contributed by atoms with Gasteiger partial charge in [0.05, 0.1) is 19.1 Å². The maximum Gasteiger partial charge on any atom is 0.352 e. The summed E-state index contributed by atoms with van der Waals surface area (Å²) in [4.78, 5) is 50.8. The largest absolute Gasteiger partial charge is 0.477 e. The number of amides is 2. The number of carbonyl (C=O) groups excluding carboxylic acids is 3. The van der Waals surface area contributed by atoms with Crippen LogP contribution in [-0.4, -0.2) is 58.0 Å². The molecular weight excluding hydrogens is 440 g/mol. The van der Waals surface area contributed by atoms with Crippen LogP contribution in [-0.2, 0) is 25.5 Å². The van der Waals surface area contributed by atoms with Gasteiger partial charge in [-0.2, -0.15) is 0 Å². The van der Waals surface area contributed by atoms with E-state index in [1.54, 1.807) is 24.3 Å². The number of nitrogens with zero attached hydrogens (tertiary/aromatic N) is 1. The van der Waals surface area contributed by atoms with Gasteiger partial charge in [-0.05, 0) is 29.1 Å². The third kappa shape index (κ3) is 3.96. The first-order valence-corrected chi connectivity index (χ1v) is 11.2. The van der Waals surface area contributed by atoms with E-state index in [9.17, 15) is 24.3 Å². The Balaban J connectivity index is 1.54. The summed E-state index contributed by atoms with van der Waals surface area (Å²) >= 11 is 2.85. The van der Waals surface area contributed by atoms with Gasteiger partial charge in [-0.3, -0.25) is 14.5 Å². The van der Waals surface area contributed by atoms with Crippen molar-refractivity contribution >= 4 is 52.4 Å². The van der Waals surface area contributed by atoms with Crippen LogP contribution in [0.15, 0.2) is 47.5 Å². The number of nitrogens with one attached hydrogen (secondary N) is 1. The summed E-state index contributed by atoms with van der Waals surface area (Å²) in [5.74, 6) is -2.07. The van der Waals surface area contributed by atoms with Crippen LogP contribution in [0, 0.1) is 0 Å². The number of methoxy groups -OCH3 is 1. The maximum absolute atomic E-state index is 12.7. The van der Waals surface area contributed by atoms with E-state index in [1.807, 2.05) is 17.5 Å². The molecule has 0 saturated carbocycles. The molecule has 2 aliphatic heterocycles. The molecule has 2 atom stereocenters. The van der Waals surface area contributed by atoms with Crippen LogP contribution >= 0.6 is 23.1 Å². The first kappa shape index (κ1) is 21.1. The smallest absolute Gasteiger partial charge is 0.352 e. The zero-order valence-electron chi connectivity index (χ0n) is 16.4. The van der Waals surface area contributed by atoms with Gasteiger partial charge in [0.1, 0.15) is 17.1 Å². The Morgan fingerprint density at radius 2 is 1.97 bits per heavy atom. The lowest BCUT2D eigenvalue weighted by molar-refractivity contribution is -0.150. The fourth-order valence-corrected chi connectivity index (χ4v) is 5.64. The van der Waals surface area contributed by atoms with Gasteiger partial charge >= 0.3 is 11.9 Å². The average Bonchev–Trinajstić information content (AvgIpc) is 3.28. The van der Waals surface area contributed by atoms with Gasteiger partial charge in [0.2, 0.25) is 5.91 Å². The van der Waals surface area contributed by atoms with E-state index in [1.165, 1.54) is 35.1 Å². The first-order valence-electron chi connectivity index (χ1n) is 9.32. The van der Waals surface area contributed by atoms with Crippen molar-refractivity contribution in [1.29, 1.82) is 0 Å². The maximum atomic E-state index is 12.7. The Hall–Kier alpha value is -3.11. The molecule has 1 fully saturated rings. The van der Waals surface area contributed by atoms with E-state index in [4.69, 9.17) is 0 Å². The molecule has 8 nitrogen and oxygen atoms in total. The minimum Gasteiger partial charge on any atom is -0.477 e. The zero-order valence-corrected chi connectivity index (χ0v) is 18.0. The molecular formula is C21H18N2O6S2. The molecule has 3 heterocycles. The van der Waals surface area contributed by atoms with Crippen molar-refractivity contribution in [3.63, 3.8) is 0 Å². The van der Waals surface area contributed by atoms with Gasteiger partial charge in [0.25, 0.3) is 5.91 Å². The summed E-state index contributed by atoms with van der Waals surface area (Å²) in [5, 5.41) is 13.9. The Morgan fingerprint density at radius 3 is 2.58 bits per heavy atom. The van der Waals surface area contributed by atoms with E-state index < -0.39 is 29.3 Å². The Morgan fingerprint density at radius 1 is 1.23 bits per heavy atom. The van der Waals surface area contributed by atoms with Crippen molar-refractivity contribution in [1.82, 2.24) is 10.2 Å². The number of esters is 1. The quantitative estimate of drug-likeness (QED) is 0.503. The first-order chi connectivity index (χ1) is 14.9. The van der Waals surface area contributed by atoms with Crippen molar-refractivity contribution in [2.45, 2.75) is 17.8 Å². The highest BCUT2D eigenvalue weighted by Gasteiger charge is 2.54. The number of rotatable bonds is 6. The van der Waals surface area contributed by atoms with Crippen LogP contribution in [0.3, 0.4) is 0 Å². The number of benzene rings is 1. The molecule has 0 unspecified atom stereocenters. The molecule has 31 heavy (non-hydrogen) atoms. The lowest BCUT2D eigenvalue weighted by Gasteiger charge is -2.49. The SMILES string of the molecule is COC(=O)c1ccc(C2=C(C(=O)O)N3C(=O)[C@@H](NC(=O)Cc4cccs4)[C@@H]3SC2)cc1. The second kappa shape index (κ2) is 8.56. The number of β-lactam (4-membered cyclic amide) rings is 1. The second-order valence-corrected chi connectivity index (χ2v) is 9.05. The number of fused-ring (bicyclic) bond motifs is 1. The number of carboxylic acids is 1. The molecule has 2 aliphatic rings. The highest BCUT2D eigenvalue weighted by Crippen LogP contribution is 2.43. The van der Waals surface area contributed by atoms with Crippen LogP contribution in [0.25, 0.3) is 5.57 Å². The van der Waals surface area contributed by atoms with E-state index in [0.717, 1.165) is 4.88 Å². The summed E-state index contributed by atoms with van der Waals surface area (Å²) in [6.45, 7) is 0. The van der Waals surface area contributed by atoms with Gasteiger partial charge in [-0.15, -0.1) is 23.1 Å². The molecule has 160 valence electrons. The van der Waals surface area contributed by atoms with Crippen LogP contribution < -0.4 is 5.32 Å². The third-order valence-electron chi connectivity index (χ3n) is 5.06. The topological polar surface area (TPSA) is 113 Å². The number of ether oxygens (including phenoxy) is 1. The monoisotopic (exact) mass is 458 g/mol. The van der Waals surface area contributed by atoms with Crippen molar-refractivity contribution in [3.05, 3.63) is 63.5 Å². The Kier molecular flexibility index (Phi) is 5.84. The summed E-state index contributed by atoms with van der Waals surface area (Å²) < 4.78 is 4.68. The number of carboxylic acid groups (broad SMARTS) is 1. The fourth-order valence-electron chi connectivity index (χ4n) is 3.56.